The van der Waals surface area contributed by atoms with Gasteiger partial charge >= 0.3 is 0 Å². The van der Waals surface area contributed by atoms with Gasteiger partial charge in [0.1, 0.15) is 5.82 Å². The monoisotopic (exact) mass is 400 g/mol. The molecule has 2 aromatic heterocycles. The number of halogens is 1. The number of rotatable bonds is 4. The summed E-state index contributed by atoms with van der Waals surface area (Å²) in [6.07, 6.45) is 3.75. The van der Waals surface area contributed by atoms with Crippen LogP contribution in [0.2, 0.25) is 0 Å². The van der Waals surface area contributed by atoms with Gasteiger partial charge < -0.3 is 9.88 Å². The number of aryl methyl sites for hydroxylation is 1. The molecule has 1 saturated heterocycles. The van der Waals surface area contributed by atoms with Gasteiger partial charge in [-0.05, 0) is 55.0 Å². The molecule has 1 aliphatic heterocycles. The van der Waals surface area contributed by atoms with Crippen molar-refractivity contribution in [2.24, 2.45) is 0 Å². The summed E-state index contributed by atoms with van der Waals surface area (Å²) in [6, 6.07) is 19.8. The zero-order chi connectivity index (χ0) is 20.5. The van der Waals surface area contributed by atoms with Crippen LogP contribution in [0.4, 0.5) is 10.1 Å². The number of H-pyrrole nitrogens is 1. The van der Waals surface area contributed by atoms with Gasteiger partial charge in [0.15, 0.2) is 0 Å². The number of aromatic amines is 1. The fourth-order valence-electron chi connectivity index (χ4n) is 4.65. The summed E-state index contributed by atoms with van der Waals surface area (Å²) in [5, 5.41) is 1.28. The van der Waals surface area contributed by atoms with Crippen LogP contribution in [0.15, 0.2) is 73.1 Å². The molecule has 0 unspecified atom stereocenters. The molecule has 0 spiro atoms. The van der Waals surface area contributed by atoms with Crippen molar-refractivity contribution in [3.05, 3.63) is 95.7 Å². The van der Waals surface area contributed by atoms with Crippen LogP contribution in [0.5, 0.6) is 0 Å². The predicted octanol–water partition coefficient (Wildman–Crippen LogP) is 4.92. The minimum atomic E-state index is -0.190. The summed E-state index contributed by atoms with van der Waals surface area (Å²) in [6.45, 7) is 5.86. The predicted molar refractivity (Wildman–Crippen MR) is 119 cm³/mol. The van der Waals surface area contributed by atoms with E-state index in [1.54, 1.807) is 0 Å². The van der Waals surface area contributed by atoms with Crippen LogP contribution in [0.3, 0.4) is 0 Å². The fraction of sp³-hybridized carbons (Fsp3) is 0.240. The number of nitrogens with zero attached hydrogens (tertiary/aromatic N) is 3. The van der Waals surface area contributed by atoms with Crippen LogP contribution in [0.25, 0.3) is 10.9 Å². The Morgan fingerprint density at radius 3 is 2.33 bits per heavy atom. The van der Waals surface area contributed by atoms with Gasteiger partial charge in [0, 0.05) is 66.4 Å². The van der Waals surface area contributed by atoms with E-state index in [9.17, 15) is 4.39 Å². The maximum absolute atomic E-state index is 13.3. The average Bonchev–Trinajstić information content (AvgIpc) is 3.12. The van der Waals surface area contributed by atoms with Gasteiger partial charge in [-0.25, -0.2) is 4.39 Å². The van der Waals surface area contributed by atoms with Gasteiger partial charge in [-0.2, -0.15) is 0 Å². The van der Waals surface area contributed by atoms with Crippen molar-refractivity contribution in [3.63, 3.8) is 0 Å². The Labute approximate surface area is 176 Å². The van der Waals surface area contributed by atoms with Crippen molar-refractivity contribution in [2.45, 2.75) is 13.0 Å². The van der Waals surface area contributed by atoms with Crippen LogP contribution in [0, 0.1) is 12.7 Å². The second-order valence-corrected chi connectivity index (χ2v) is 7.89. The number of pyridine rings is 1. The second-order valence-electron chi connectivity index (χ2n) is 7.89. The lowest BCUT2D eigenvalue weighted by Gasteiger charge is -2.40. The second kappa shape index (κ2) is 7.92. The van der Waals surface area contributed by atoms with Crippen molar-refractivity contribution in [3.8, 4) is 0 Å². The molecule has 2 aromatic carbocycles. The quantitative estimate of drug-likeness (QED) is 0.528. The topological polar surface area (TPSA) is 35.2 Å². The Morgan fingerprint density at radius 1 is 0.900 bits per heavy atom. The molecular formula is C25H25FN4. The molecule has 0 amide bonds. The van der Waals surface area contributed by atoms with Gasteiger partial charge in [0.2, 0.25) is 0 Å². The van der Waals surface area contributed by atoms with Gasteiger partial charge in [-0.3, -0.25) is 9.88 Å². The Hall–Kier alpha value is -3.18. The van der Waals surface area contributed by atoms with E-state index in [-0.39, 0.29) is 11.9 Å². The largest absolute Gasteiger partial charge is 0.369 e. The Bertz CT molecular complexity index is 1130. The lowest BCUT2D eigenvalue weighted by atomic mass is 9.94. The molecule has 152 valence electrons. The van der Waals surface area contributed by atoms with Crippen LogP contribution in [-0.4, -0.2) is 41.0 Å². The average molecular weight is 401 g/mol. The number of hydrogen-bond acceptors (Lipinski definition) is 3. The highest BCUT2D eigenvalue weighted by Crippen LogP contribution is 2.36. The maximum Gasteiger partial charge on any atom is 0.123 e. The van der Waals surface area contributed by atoms with Crippen molar-refractivity contribution < 1.29 is 4.39 Å². The van der Waals surface area contributed by atoms with Gasteiger partial charge in [-0.15, -0.1) is 0 Å². The Balaban J connectivity index is 1.48. The summed E-state index contributed by atoms with van der Waals surface area (Å²) in [7, 11) is 0. The minimum absolute atomic E-state index is 0.166. The zero-order valence-electron chi connectivity index (χ0n) is 17.1. The van der Waals surface area contributed by atoms with E-state index < -0.39 is 0 Å². The number of piperazine rings is 1. The van der Waals surface area contributed by atoms with Crippen LogP contribution in [-0.2, 0) is 0 Å². The van der Waals surface area contributed by atoms with Crippen molar-refractivity contribution in [1.82, 2.24) is 14.9 Å². The molecule has 0 aliphatic carbocycles. The standard InChI is InChI=1S/C25H25FN4/c1-18-24(22-4-2-3-5-23(22)28-18)25(19-10-12-27-13-11-19)30-16-14-29(15-17-30)21-8-6-20(26)7-9-21/h2-13,25,28H,14-17H2,1H3/t25-/m0/s1. The first-order chi connectivity index (χ1) is 14.7. The van der Waals surface area contributed by atoms with Crippen molar-refractivity contribution in [2.75, 3.05) is 31.1 Å². The van der Waals surface area contributed by atoms with E-state index in [4.69, 9.17) is 0 Å². The molecule has 30 heavy (non-hydrogen) atoms. The highest BCUT2D eigenvalue weighted by molar-refractivity contribution is 5.85. The molecule has 1 fully saturated rings. The molecular weight excluding hydrogens is 375 g/mol. The summed E-state index contributed by atoms with van der Waals surface area (Å²) in [5.74, 6) is -0.190. The number of aromatic nitrogens is 2. The molecule has 5 rings (SSSR count). The van der Waals surface area contributed by atoms with E-state index in [1.165, 1.54) is 39.9 Å². The molecule has 3 heterocycles. The number of para-hydroxylation sites is 1. The number of fused-ring (bicyclic) bond motifs is 1. The number of nitrogens with one attached hydrogen (secondary N) is 1. The minimum Gasteiger partial charge on any atom is -0.369 e. The molecule has 1 atom stereocenters. The van der Waals surface area contributed by atoms with E-state index in [1.807, 2.05) is 24.5 Å². The molecule has 1 N–H and O–H groups in total. The molecule has 4 aromatic rings. The SMILES string of the molecule is Cc1[nH]c2ccccc2c1[C@H](c1ccncc1)N1CCN(c2ccc(F)cc2)CC1. The summed E-state index contributed by atoms with van der Waals surface area (Å²) >= 11 is 0. The highest BCUT2D eigenvalue weighted by Gasteiger charge is 2.29. The molecule has 0 radical (unpaired) electrons. The summed E-state index contributed by atoms with van der Waals surface area (Å²) in [5.41, 5.74) is 6.06. The molecule has 0 saturated carbocycles. The smallest absolute Gasteiger partial charge is 0.123 e. The maximum atomic E-state index is 13.3. The Morgan fingerprint density at radius 2 is 1.60 bits per heavy atom. The van der Waals surface area contributed by atoms with Crippen LogP contribution < -0.4 is 4.90 Å². The van der Waals surface area contributed by atoms with Crippen molar-refractivity contribution in [1.29, 1.82) is 0 Å². The van der Waals surface area contributed by atoms with Crippen LogP contribution >= 0.6 is 0 Å². The number of hydrogen-bond donors (Lipinski definition) is 1. The lowest BCUT2D eigenvalue weighted by molar-refractivity contribution is 0.213. The van der Waals surface area contributed by atoms with Crippen LogP contribution in [0.1, 0.15) is 22.9 Å². The van der Waals surface area contributed by atoms with Gasteiger partial charge in [0.05, 0.1) is 6.04 Å². The first-order valence-corrected chi connectivity index (χ1v) is 10.4. The molecule has 5 heteroatoms. The first kappa shape index (κ1) is 18.8. The zero-order valence-corrected chi connectivity index (χ0v) is 17.1. The van der Waals surface area contributed by atoms with Crippen molar-refractivity contribution >= 4 is 16.6 Å². The van der Waals surface area contributed by atoms with Gasteiger partial charge in [-0.1, -0.05) is 18.2 Å². The molecule has 0 bridgehead atoms. The highest BCUT2D eigenvalue weighted by atomic mass is 19.1. The molecule has 4 nitrogen and oxygen atoms in total. The van der Waals surface area contributed by atoms with E-state index >= 15 is 0 Å². The fourth-order valence-corrected chi connectivity index (χ4v) is 4.65. The summed E-state index contributed by atoms with van der Waals surface area (Å²) in [4.78, 5) is 12.7. The third-order valence-corrected chi connectivity index (χ3v) is 6.11. The van der Waals surface area contributed by atoms with E-state index in [2.05, 4.69) is 63.1 Å². The summed E-state index contributed by atoms with van der Waals surface area (Å²) < 4.78 is 13.3. The molecule has 1 aliphatic rings. The normalized spacial score (nSPS) is 16.1. The Kier molecular flexibility index (Phi) is 4.97. The first-order valence-electron chi connectivity index (χ1n) is 10.4. The third-order valence-electron chi connectivity index (χ3n) is 6.11. The number of anilines is 1. The van der Waals surface area contributed by atoms with Gasteiger partial charge in [0.25, 0.3) is 0 Å². The number of benzene rings is 2. The third kappa shape index (κ3) is 3.46. The van der Waals surface area contributed by atoms with E-state index in [0.717, 1.165) is 31.9 Å². The van der Waals surface area contributed by atoms with E-state index in [0.29, 0.717) is 0 Å². The lowest BCUT2D eigenvalue weighted by Crippen LogP contribution is -2.48.